The van der Waals surface area contributed by atoms with E-state index in [2.05, 4.69) is 30.7 Å². The van der Waals surface area contributed by atoms with Gasteiger partial charge in [-0.25, -0.2) is 4.99 Å². The number of hydrogen-bond acceptors (Lipinski definition) is 2. The van der Waals surface area contributed by atoms with Gasteiger partial charge < -0.3 is 15.8 Å². The molecule has 5 heteroatoms. The number of nitrogens with one attached hydrogen (secondary N) is 1. The second kappa shape index (κ2) is 12.2. The lowest BCUT2D eigenvalue weighted by atomic mass is 10.2. The Morgan fingerprint density at radius 3 is 2.65 bits per heavy atom. The third-order valence-corrected chi connectivity index (χ3v) is 1.74. The lowest BCUT2D eigenvalue weighted by Crippen LogP contribution is -2.33. The number of rotatable bonds is 8. The van der Waals surface area contributed by atoms with Crippen molar-refractivity contribution in [3.63, 3.8) is 0 Å². The van der Waals surface area contributed by atoms with Gasteiger partial charge in [0.2, 0.25) is 0 Å². The molecule has 0 aliphatic heterocycles. The minimum atomic E-state index is 0. The number of aliphatic imine (C=N–C) groups is 1. The van der Waals surface area contributed by atoms with Gasteiger partial charge in [0, 0.05) is 19.8 Å². The highest BCUT2D eigenvalue weighted by molar-refractivity contribution is 14.0. The quantitative estimate of drug-likeness (QED) is 0.231. The van der Waals surface area contributed by atoms with Gasteiger partial charge in [-0.1, -0.05) is 26.0 Å². The highest BCUT2D eigenvalue weighted by Crippen LogP contribution is 1.92. The van der Waals surface area contributed by atoms with E-state index in [-0.39, 0.29) is 24.0 Å². The molecule has 0 unspecified atom stereocenters. The zero-order valence-corrected chi connectivity index (χ0v) is 13.5. The average molecular weight is 355 g/mol. The van der Waals surface area contributed by atoms with Crippen LogP contribution in [0.5, 0.6) is 0 Å². The molecule has 4 nitrogen and oxygen atoms in total. The van der Waals surface area contributed by atoms with Crippen LogP contribution in [0, 0.1) is 5.92 Å². The summed E-state index contributed by atoms with van der Waals surface area (Å²) in [5.74, 6) is 1.07. The van der Waals surface area contributed by atoms with E-state index in [1.165, 1.54) is 0 Å². The smallest absolute Gasteiger partial charge is 0.188 e. The Morgan fingerprint density at radius 1 is 1.47 bits per heavy atom. The van der Waals surface area contributed by atoms with Gasteiger partial charge in [-0.2, -0.15) is 0 Å². The van der Waals surface area contributed by atoms with E-state index >= 15 is 0 Å². The van der Waals surface area contributed by atoms with Gasteiger partial charge >= 0.3 is 0 Å². The van der Waals surface area contributed by atoms with Crippen molar-refractivity contribution in [1.82, 2.24) is 5.32 Å². The number of guanidine groups is 1. The maximum Gasteiger partial charge on any atom is 0.188 e. The largest absolute Gasteiger partial charge is 0.381 e. The van der Waals surface area contributed by atoms with E-state index < -0.39 is 0 Å². The average Bonchev–Trinajstić information content (AvgIpc) is 2.19. The summed E-state index contributed by atoms with van der Waals surface area (Å²) < 4.78 is 5.44. The van der Waals surface area contributed by atoms with E-state index in [1.54, 1.807) is 0 Å². The highest BCUT2D eigenvalue weighted by Gasteiger charge is 1.94. The van der Waals surface area contributed by atoms with Crippen LogP contribution in [0.3, 0.4) is 0 Å². The van der Waals surface area contributed by atoms with E-state index in [0.717, 1.165) is 31.8 Å². The number of nitrogens with two attached hydrogens (primary N) is 1. The third-order valence-electron chi connectivity index (χ3n) is 1.74. The normalized spacial score (nSPS) is 11.2. The summed E-state index contributed by atoms with van der Waals surface area (Å²) in [5.41, 5.74) is 6.65. The second-order valence-corrected chi connectivity index (χ2v) is 4.41. The molecule has 0 spiro atoms. The van der Waals surface area contributed by atoms with Gasteiger partial charge in [0.25, 0.3) is 0 Å². The van der Waals surface area contributed by atoms with Crippen LogP contribution in [0.1, 0.15) is 27.2 Å². The van der Waals surface area contributed by atoms with Crippen molar-refractivity contribution in [2.24, 2.45) is 16.6 Å². The van der Waals surface area contributed by atoms with Crippen LogP contribution in [-0.2, 0) is 4.74 Å². The number of nitrogens with zero attached hydrogens (tertiary/aromatic N) is 1. The Balaban J connectivity index is 0. The SMILES string of the molecule is C=C(C)CN=C(N)NCCCOCC(C)C.I. The maximum atomic E-state index is 5.64. The van der Waals surface area contributed by atoms with Gasteiger partial charge in [0.15, 0.2) is 5.96 Å². The topological polar surface area (TPSA) is 59.6 Å². The summed E-state index contributed by atoms with van der Waals surface area (Å²) in [6.07, 6.45) is 0.940. The molecule has 0 bridgehead atoms. The van der Waals surface area contributed by atoms with Gasteiger partial charge in [0.05, 0.1) is 6.54 Å². The van der Waals surface area contributed by atoms with E-state index in [0.29, 0.717) is 18.4 Å². The van der Waals surface area contributed by atoms with Crippen LogP contribution < -0.4 is 11.1 Å². The Hall–Kier alpha value is -0.300. The molecule has 0 aromatic rings. The first kappa shape index (κ1) is 19.0. The van der Waals surface area contributed by atoms with Gasteiger partial charge in [0.1, 0.15) is 0 Å². The zero-order valence-electron chi connectivity index (χ0n) is 11.2. The minimum Gasteiger partial charge on any atom is -0.381 e. The number of hydrogen-bond donors (Lipinski definition) is 2. The van der Waals surface area contributed by atoms with Gasteiger partial charge in [-0.15, -0.1) is 24.0 Å². The van der Waals surface area contributed by atoms with Crippen molar-refractivity contribution in [2.75, 3.05) is 26.3 Å². The summed E-state index contributed by atoms with van der Waals surface area (Å²) in [4.78, 5) is 4.11. The van der Waals surface area contributed by atoms with Crippen LogP contribution >= 0.6 is 24.0 Å². The van der Waals surface area contributed by atoms with Crippen molar-refractivity contribution >= 4 is 29.9 Å². The molecule has 0 aromatic heterocycles. The molecule has 0 rings (SSSR count). The number of ether oxygens (including phenoxy) is 1. The van der Waals surface area contributed by atoms with Crippen LogP contribution in [0.25, 0.3) is 0 Å². The fraction of sp³-hybridized carbons (Fsp3) is 0.750. The molecule has 102 valence electrons. The fourth-order valence-corrected chi connectivity index (χ4v) is 0.986. The van der Waals surface area contributed by atoms with Crippen molar-refractivity contribution in [3.8, 4) is 0 Å². The lowest BCUT2D eigenvalue weighted by molar-refractivity contribution is 0.108. The molecule has 0 aromatic carbocycles. The Morgan fingerprint density at radius 2 is 2.12 bits per heavy atom. The lowest BCUT2D eigenvalue weighted by Gasteiger charge is -2.08. The predicted molar refractivity (Wildman–Crippen MR) is 85.0 cm³/mol. The van der Waals surface area contributed by atoms with Crippen LogP contribution in [-0.4, -0.2) is 32.3 Å². The van der Waals surface area contributed by atoms with Crippen LogP contribution in [0.2, 0.25) is 0 Å². The molecule has 0 saturated heterocycles. The molecule has 3 N–H and O–H groups in total. The monoisotopic (exact) mass is 355 g/mol. The van der Waals surface area contributed by atoms with E-state index in [9.17, 15) is 0 Å². The third kappa shape index (κ3) is 15.7. The molecule has 0 aliphatic carbocycles. The molecule has 0 atom stereocenters. The standard InChI is InChI=1S/C12H25N3O.HI/c1-10(2)8-15-12(13)14-6-5-7-16-9-11(3)4;/h11H,1,5-9H2,2-4H3,(H3,13,14,15);1H. The van der Waals surface area contributed by atoms with Crippen molar-refractivity contribution < 1.29 is 4.74 Å². The van der Waals surface area contributed by atoms with E-state index in [4.69, 9.17) is 10.5 Å². The second-order valence-electron chi connectivity index (χ2n) is 4.41. The maximum absolute atomic E-state index is 5.64. The first-order chi connectivity index (χ1) is 7.52. The molecule has 0 radical (unpaired) electrons. The molecule has 0 aliphatic rings. The first-order valence-electron chi connectivity index (χ1n) is 5.78. The molecule has 0 fully saturated rings. The predicted octanol–water partition coefficient (Wildman–Crippen LogP) is 2.15. The first-order valence-corrected chi connectivity index (χ1v) is 5.78. The van der Waals surface area contributed by atoms with Crippen molar-refractivity contribution in [2.45, 2.75) is 27.2 Å². The zero-order chi connectivity index (χ0) is 12.4. The summed E-state index contributed by atoms with van der Waals surface area (Å²) in [6, 6.07) is 0. The Labute approximate surface area is 122 Å². The molecule has 17 heavy (non-hydrogen) atoms. The summed E-state index contributed by atoms with van der Waals surface area (Å²) in [6.45, 7) is 12.9. The fourth-order valence-electron chi connectivity index (χ4n) is 0.986. The van der Waals surface area contributed by atoms with Crippen molar-refractivity contribution in [3.05, 3.63) is 12.2 Å². The Kier molecular flexibility index (Phi) is 13.6. The van der Waals surface area contributed by atoms with Crippen LogP contribution in [0.4, 0.5) is 0 Å². The van der Waals surface area contributed by atoms with Gasteiger partial charge in [-0.05, 0) is 19.3 Å². The molecule has 0 amide bonds. The van der Waals surface area contributed by atoms with Crippen LogP contribution in [0.15, 0.2) is 17.1 Å². The highest BCUT2D eigenvalue weighted by atomic mass is 127. The Bertz CT molecular complexity index is 230. The molecule has 0 saturated carbocycles. The molecule has 0 heterocycles. The summed E-state index contributed by atoms with van der Waals surface area (Å²) >= 11 is 0. The molecular formula is C12H26IN3O. The van der Waals surface area contributed by atoms with Crippen molar-refractivity contribution in [1.29, 1.82) is 0 Å². The molecular weight excluding hydrogens is 329 g/mol. The summed E-state index contributed by atoms with van der Waals surface area (Å²) in [5, 5.41) is 3.03. The minimum absolute atomic E-state index is 0. The van der Waals surface area contributed by atoms with Gasteiger partial charge in [-0.3, -0.25) is 0 Å². The number of halogens is 1. The summed E-state index contributed by atoms with van der Waals surface area (Å²) in [7, 11) is 0. The van der Waals surface area contributed by atoms with E-state index in [1.807, 2.05) is 6.92 Å².